The fraction of sp³-hybridized carbons (Fsp3) is 0.550. The number of benzene rings is 1. The third-order valence-corrected chi connectivity index (χ3v) is 4.85. The lowest BCUT2D eigenvalue weighted by atomic mass is 9.96. The lowest BCUT2D eigenvalue weighted by Gasteiger charge is -2.32. The maximum absolute atomic E-state index is 12.5. The number of hydrogen-bond donors (Lipinski definition) is 2. The van der Waals surface area contributed by atoms with Crippen molar-refractivity contribution in [3.05, 3.63) is 34.9 Å². The van der Waals surface area contributed by atoms with Crippen molar-refractivity contribution in [2.45, 2.75) is 39.5 Å². The van der Waals surface area contributed by atoms with E-state index >= 15 is 0 Å². The zero-order valence-corrected chi connectivity index (χ0v) is 15.7. The van der Waals surface area contributed by atoms with E-state index in [4.69, 9.17) is 5.73 Å². The van der Waals surface area contributed by atoms with Crippen LogP contribution in [0, 0.1) is 19.8 Å². The largest absolute Gasteiger partial charge is 0.355 e. The highest BCUT2D eigenvalue weighted by Crippen LogP contribution is 2.19. The van der Waals surface area contributed by atoms with Crippen molar-refractivity contribution in [2.75, 3.05) is 26.2 Å². The molecule has 1 saturated heterocycles. The van der Waals surface area contributed by atoms with E-state index in [1.165, 1.54) is 0 Å². The zero-order valence-electron chi connectivity index (χ0n) is 15.7. The first kappa shape index (κ1) is 20.1. The minimum atomic E-state index is -0.186. The summed E-state index contributed by atoms with van der Waals surface area (Å²) >= 11 is 0. The van der Waals surface area contributed by atoms with Crippen LogP contribution in [0.2, 0.25) is 0 Å². The summed E-state index contributed by atoms with van der Waals surface area (Å²) < 4.78 is 0. The van der Waals surface area contributed by atoms with Gasteiger partial charge in [0.15, 0.2) is 5.78 Å². The number of aryl methyl sites for hydroxylation is 2. The number of amides is 2. The van der Waals surface area contributed by atoms with Crippen LogP contribution >= 0.6 is 0 Å². The number of carbonyl (C=O) groups excluding carboxylic acids is 3. The van der Waals surface area contributed by atoms with E-state index in [1.54, 1.807) is 4.90 Å². The van der Waals surface area contributed by atoms with E-state index in [0.29, 0.717) is 31.7 Å². The van der Waals surface area contributed by atoms with Crippen molar-refractivity contribution in [3.8, 4) is 0 Å². The standard InChI is InChI=1S/C20H29N3O3/c1-14-5-6-15(2)17(12-14)18(24)7-8-19(25)23-11-3-4-16(13-23)20(26)22-10-9-21/h5-6,12,16H,3-4,7-11,13,21H2,1-2H3,(H,22,26). The molecule has 6 heteroatoms. The monoisotopic (exact) mass is 359 g/mol. The summed E-state index contributed by atoms with van der Waals surface area (Å²) in [6.45, 7) is 5.79. The molecule has 2 rings (SSSR count). The molecule has 1 heterocycles. The molecule has 1 atom stereocenters. The topological polar surface area (TPSA) is 92.5 Å². The Balaban J connectivity index is 1.88. The maximum atomic E-state index is 12.5. The molecule has 0 spiro atoms. The first-order valence-electron chi connectivity index (χ1n) is 9.28. The smallest absolute Gasteiger partial charge is 0.224 e. The predicted molar refractivity (Wildman–Crippen MR) is 101 cm³/mol. The molecule has 0 saturated carbocycles. The number of rotatable bonds is 7. The van der Waals surface area contributed by atoms with Crippen LogP contribution < -0.4 is 11.1 Å². The molecule has 3 N–H and O–H groups in total. The fourth-order valence-electron chi connectivity index (χ4n) is 3.31. The summed E-state index contributed by atoms with van der Waals surface area (Å²) in [6, 6.07) is 5.78. The third-order valence-electron chi connectivity index (χ3n) is 4.85. The Kier molecular flexibility index (Phi) is 7.33. The summed E-state index contributed by atoms with van der Waals surface area (Å²) in [5.74, 6) is -0.290. The minimum absolute atomic E-state index is 0.00574. The Morgan fingerprint density at radius 1 is 1.23 bits per heavy atom. The summed E-state index contributed by atoms with van der Waals surface area (Å²) in [5, 5.41) is 2.79. The number of nitrogens with two attached hydrogens (primary N) is 1. The maximum Gasteiger partial charge on any atom is 0.224 e. The van der Waals surface area contributed by atoms with Gasteiger partial charge in [0.2, 0.25) is 11.8 Å². The first-order valence-corrected chi connectivity index (χ1v) is 9.28. The van der Waals surface area contributed by atoms with Crippen LogP contribution in [0.1, 0.15) is 47.2 Å². The molecule has 6 nitrogen and oxygen atoms in total. The van der Waals surface area contributed by atoms with Crippen molar-refractivity contribution in [1.29, 1.82) is 0 Å². The molecule has 0 aromatic heterocycles. The molecule has 0 bridgehead atoms. The molecule has 1 unspecified atom stereocenters. The van der Waals surface area contributed by atoms with Gasteiger partial charge in [0.25, 0.3) is 0 Å². The second-order valence-electron chi connectivity index (χ2n) is 7.00. The van der Waals surface area contributed by atoms with Gasteiger partial charge in [-0.1, -0.05) is 17.7 Å². The lowest BCUT2D eigenvalue weighted by Crippen LogP contribution is -2.46. The van der Waals surface area contributed by atoms with Gasteiger partial charge in [-0.3, -0.25) is 14.4 Å². The fourth-order valence-corrected chi connectivity index (χ4v) is 3.31. The Labute approximate surface area is 155 Å². The van der Waals surface area contributed by atoms with E-state index in [2.05, 4.69) is 5.32 Å². The average molecular weight is 359 g/mol. The highest BCUT2D eigenvalue weighted by atomic mass is 16.2. The first-order chi connectivity index (χ1) is 12.4. The Hall–Kier alpha value is -2.21. The van der Waals surface area contributed by atoms with Crippen LogP contribution in [-0.4, -0.2) is 48.7 Å². The summed E-state index contributed by atoms with van der Waals surface area (Å²) in [4.78, 5) is 38.7. The van der Waals surface area contributed by atoms with Gasteiger partial charge >= 0.3 is 0 Å². The van der Waals surface area contributed by atoms with Gasteiger partial charge in [0.1, 0.15) is 0 Å². The Morgan fingerprint density at radius 2 is 2.00 bits per heavy atom. The number of nitrogens with zero attached hydrogens (tertiary/aromatic N) is 1. The van der Waals surface area contributed by atoms with Gasteiger partial charge < -0.3 is 16.0 Å². The number of carbonyl (C=O) groups is 3. The molecular formula is C20H29N3O3. The van der Waals surface area contributed by atoms with Crippen LogP contribution in [0.5, 0.6) is 0 Å². The number of nitrogens with one attached hydrogen (secondary N) is 1. The van der Waals surface area contributed by atoms with Crippen LogP contribution in [0.15, 0.2) is 18.2 Å². The number of Topliss-reactive ketones (excluding diaryl/α,β-unsaturated/α-hetero) is 1. The highest BCUT2D eigenvalue weighted by molar-refractivity contribution is 5.99. The molecule has 0 aliphatic carbocycles. The molecule has 1 aliphatic heterocycles. The van der Waals surface area contributed by atoms with Gasteiger partial charge in [0.05, 0.1) is 5.92 Å². The molecule has 1 aromatic carbocycles. The van der Waals surface area contributed by atoms with Crippen molar-refractivity contribution >= 4 is 17.6 Å². The second kappa shape index (κ2) is 9.48. The second-order valence-corrected chi connectivity index (χ2v) is 7.00. The molecule has 0 radical (unpaired) electrons. The van der Waals surface area contributed by atoms with Crippen molar-refractivity contribution in [3.63, 3.8) is 0 Å². The Morgan fingerprint density at radius 3 is 2.73 bits per heavy atom. The molecule has 2 amide bonds. The van der Waals surface area contributed by atoms with E-state index < -0.39 is 0 Å². The number of ketones is 1. The van der Waals surface area contributed by atoms with Crippen molar-refractivity contribution in [2.24, 2.45) is 11.7 Å². The van der Waals surface area contributed by atoms with Gasteiger partial charge in [0, 0.05) is 44.6 Å². The quantitative estimate of drug-likeness (QED) is 0.723. The van der Waals surface area contributed by atoms with Crippen LogP contribution in [0.3, 0.4) is 0 Å². The van der Waals surface area contributed by atoms with E-state index in [0.717, 1.165) is 24.0 Å². The molecular weight excluding hydrogens is 330 g/mol. The highest BCUT2D eigenvalue weighted by Gasteiger charge is 2.28. The van der Waals surface area contributed by atoms with Gasteiger partial charge in [-0.25, -0.2) is 0 Å². The van der Waals surface area contributed by atoms with Crippen molar-refractivity contribution in [1.82, 2.24) is 10.2 Å². The zero-order chi connectivity index (χ0) is 19.1. The van der Waals surface area contributed by atoms with E-state index in [1.807, 2.05) is 32.0 Å². The number of hydrogen-bond acceptors (Lipinski definition) is 4. The molecule has 1 aliphatic rings. The van der Waals surface area contributed by atoms with Gasteiger partial charge in [-0.15, -0.1) is 0 Å². The molecule has 26 heavy (non-hydrogen) atoms. The number of piperidine rings is 1. The van der Waals surface area contributed by atoms with Crippen LogP contribution in [0.25, 0.3) is 0 Å². The lowest BCUT2D eigenvalue weighted by molar-refractivity contribution is -0.135. The van der Waals surface area contributed by atoms with Crippen LogP contribution in [0.4, 0.5) is 0 Å². The van der Waals surface area contributed by atoms with E-state index in [-0.39, 0.29) is 36.4 Å². The minimum Gasteiger partial charge on any atom is -0.355 e. The van der Waals surface area contributed by atoms with Gasteiger partial charge in [-0.2, -0.15) is 0 Å². The summed E-state index contributed by atoms with van der Waals surface area (Å²) in [6.07, 6.45) is 1.96. The SMILES string of the molecule is Cc1ccc(C)c(C(=O)CCC(=O)N2CCCC(C(=O)NCCN)C2)c1. The van der Waals surface area contributed by atoms with Crippen molar-refractivity contribution < 1.29 is 14.4 Å². The summed E-state index contributed by atoms with van der Waals surface area (Å²) in [7, 11) is 0. The van der Waals surface area contributed by atoms with Gasteiger partial charge in [-0.05, 0) is 38.3 Å². The third kappa shape index (κ3) is 5.39. The normalized spacial score (nSPS) is 17.0. The van der Waals surface area contributed by atoms with Crippen LogP contribution in [-0.2, 0) is 9.59 Å². The Bertz CT molecular complexity index is 672. The predicted octanol–water partition coefficient (Wildman–Crippen LogP) is 1.58. The van der Waals surface area contributed by atoms with E-state index in [9.17, 15) is 14.4 Å². The number of likely N-dealkylation sites (tertiary alicyclic amines) is 1. The summed E-state index contributed by atoms with van der Waals surface area (Å²) in [5.41, 5.74) is 8.06. The average Bonchev–Trinajstić information content (AvgIpc) is 2.65. The molecule has 1 fully saturated rings. The molecule has 1 aromatic rings. The molecule has 142 valence electrons.